The molecular weight excluding hydrogens is 444 g/mol. The van der Waals surface area contributed by atoms with E-state index in [2.05, 4.69) is 22.0 Å². The number of benzene rings is 2. The quantitative estimate of drug-likeness (QED) is 0.495. The zero-order valence-electron chi connectivity index (χ0n) is 19.3. The summed E-state index contributed by atoms with van der Waals surface area (Å²) in [5.74, 6) is -1.45. The molecule has 1 aromatic heterocycles. The van der Waals surface area contributed by atoms with Crippen LogP contribution >= 0.6 is 11.3 Å². The van der Waals surface area contributed by atoms with E-state index in [1.807, 2.05) is 20.8 Å². The van der Waals surface area contributed by atoms with E-state index in [1.54, 1.807) is 4.90 Å². The number of ether oxygens (including phenoxy) is 1. The Morgan fingerprint density at radius 3 is 2.52 bits per heavy atom. The summed E-state index contributed by atoms with van der Waals surface area (Å²) >= 11 is 1.15. The van der Waals surface area contributed by atoms with Crippen LogP contribution in [0.4, 0.5) is 13.9 Å². The normalized spacial score (nSPS) is 14.7. The maximum Gasteiger partial charge on any atom is 0.233 e. The van der Waals surface area contributed by atoms with E-state index in [1.165, 1.54) is 6.07 Å². The van der Waals surface area contributed by atoms with E-state index >= 15 is 0 Å². The first kappa shape index (κ1) is 23.7. The summed E-state index contributed by atoms with van der Waals surface area (Å²) in [6, 6.07) is 6.25. The zero-order valence-corrected chi connectivity index (χ0v) is 20.1. The fraction of sp³-hybridized carbons (Fsp3) is 0.440. The van der Waals surface area contributed by atoms with Gasteiger partial charge in [-0.05, 0) is 49.9 Å². The molecule has 1 saturated heterocycles. The molecule has 0 N–H and O–H groups in total. The van der Waals surface area contributed by atoms with Crippen molar-refractivity contribution in [1.82, 2.24) is 9.88 Å². The Balaban J connectivity index is 1.59. The van der Waals surface area contributed by atoms with Gasteiger partial charge in [-0.3, -0.25) is 14.6 Å². The number of hydrogen-bond donors (Lipinski definition) is 0. The second kappa shape index (κ2) is 10.2. The topological polar surface area (TPSA) is 45.7 Å². The third-order valence-electron chi connectivity index (χ3n) is 6.06. The molecule has 0 spiro atoms. The van der Waals surface area contributed by atoms with Gasteiger partial charge in [-0.1, -0.05) is 29.0 Å². The number of morpholine rings is 1. The number of fused-ring (bicyclic) bond motifs is 1. The van der Waals surface area contributed by atoms with Crippen LogP contribution in [0.3, 0.4) is 0 Å². The maximum absolute atomic E-state index is 14.3. The maximum atomic E-state index is 14.3. The molecular formula is C25H29F2N3O2S. The molecule has 1 aliphatic rings. The highest BCUT2D eigenvalue weighted by Gasteiger charge is 2.23. The number of aromatic nitrogens is 1. The number of aryl methyl sites for hydroxylation is 3. The van der Waals surface area contributed by atoms with Crippen molar-refractivity contribution in [2.45, 2.75) is 33.6 Å². The lowest BCUT2D eigenvalue weighted by Gasteiger charge is -2.28. The molecule has 5 nitrogen and oxygen atoms in total. The minimum absolute atomic E-state index is 0.0908. The lowest BCUT2D eigenvalue weighted by atomic mass is 9.97. The molecule has 176 valence electrons. The highest BCUT2D eigenvalue weighted by atomic mass is 32.1. The molecule has 33 heavy (non-hydrogen) atoms. The van der Waals surface area contributed by atoms with Crippen LogP contribution in [0.5, 0.6) is 0 Å². The Morgan fingerprint density at radius 1 is 1.12 bits per heavy atom. The first-order chi connectivity index (χ1) is 15.8. The van der Waals surface area contributed by atoms with E-state index in [4.69, 9.17) is 4.74 Å². The molecule has 0 bridgehead atoms. The number of hydrogen-bond acceptors (Lipinski definition) is 5. The molecule has 0 saturated carbocycles. The van der Waals surface area contributed by atoms with Crippen LogP contribution in [0.2, 0.25) is 0 Å². The Kier molecular flexibility index (Phi) is 7.36. The van der Waals surface area contributed by atoms with Crippen LogP contribution in [0.25, 0.3) is 10.2 Å². The van der Waals surface area contributed by atoms with Crippen molar-refractivity contribution in [1.29, 1.82) is 0 Å². The van der Waals surface area contributed by atoms with Crippen molar-refractivity contribution in [2.24, 2.45) is 0 Å². The second-order valence-electron chi connectivity index (χ2n) is 8.64. The summed E-state index contributed by atoms with van der Waals surface area (Å²) in [5.41, 5.74) is 4.41. The molecule has 4 rings (SSSR count). The Morgan fingerprint density at radius 2 is 1.82 bits per heavy atom. The smallest absolute Gasteiger partial charge is 0.233 e. The fourth-order valence-electron chi connectivity index (χ4n) is 4.40. The van der Waals surface area contributed by atoms with Crippen molar-refractivity contribution >= 4 is 32.6 Å². The van der Waals surface area contributed by atoms with Gasteiger partial charge >= 0.3 is 0 Å². The van der Waals surface area contributed by atoms with Gasteiger partial charge < -0.3 is 4.74 Å². The van der Waals surface area contributed by atoms with Crippen LogP contribution in [0.15, 0.2) is 24.3 Å². The first-order valence-corrected chi connectivity index (χ1v) is 12.1. The average Bonchev–Trinajstić information content (AvgIpc) is 3.18. The van der Waals surface area contributed by atoms with E-state index in [-0.39, 0.29) is 17.8 Å². The van der Waals surface area contributed by atoms with E-state index < -0.39 is 11.6 Å². The predicted octanol–water partition coefficient (Wildman–Crippen LogP) is 4.80. The summed E-state index contributed by atoms with van der Waals surface area (Å²) in [4.78, 5) is 21.8. The minimum Gasteiger partial charge on any atom is -0.379 e. The molecule has 0 atom stereocenters. The van der Waals surface area contributed by atoms with Gasteiger partial charge in [-0.2, -0.15) is 0 Å². The number of rotatable bonds is 7. The van der Waals surface area contributed by atoms with Gasteiger partial charge in [0.05, 0.1) is 24.3 Å². The van der Waals surface area contributed by atoms with Gasteiger partial charge in [0.1, 0.15) is 11.3 Å². The molecule has 2 aromatic carbocycles. The summed E-state index contributed by atoms with van der Waals surface area (Å²) in [6.07, 6.45) is 0.993. The minimum atomic E-state index is -0.710. The SMILES string of the molecule is Cc1cc(C)c(CC(=O)N(CCCN2CCOCC2)c2nc3c(F)cc(F)cc3s2)c(C)c1. The summed E-state index contributed by atoms with van der Waals surface area (Å²) in [6.45, 7) is 10.6. The Labute approximate surface area is 197 Å². The van der Waals surface area contributed by atoms with Gasteiger partial charge in [-0.25, -0.2) is 13.8 Å². The van der Waals surface area contributed by atoms with Crippen LogP contribution in [-0.2, 0) is 16.0 Å². The number of amides is 1. The Hall–Kier alpha value is -2.42. The molecule has 0 aliphatic carbocycles. The first-order valence-electron chi connectivity index (χ1n) is 11.2. The second-order valence-corrected chi connectivity index (χ2v) is 9.65. The monoisotopic (exact) mass is 473 g/mol. The van der Waals surface area contributed by atoms with Crippen LogP contribution in [-0.4, -0.2) is 55.2 Å². The van der Waals surface area contributed by atoms with E-state index in [0.29, 0.717) is 16.4 Å². The molecule has 0 unspecified atom stereocenters. The lowest BCUT2D eigenvalue weighted by Crippen LogP contribution is -2.39. The number of thiazole rings is 1. The van der Waals surface area contributed by atoms with Gasteiger partial charge in [0.15, 0.2) is 10.9 Å². The zero-order chi connectivity index (χ0) is 23.5. The van der Waals surface area contributed by atoms with E-state index in [0.717, 1.165) is 78.9 Å². The van der Waals surface area contributed by atoms with Crippen LogP contribution in [0.1, 0.15) is 28.7 Å². The molecule has 2 heterocycles. The van der Waals surface area contributed by atoms with Crippen LogP contribution in [0, 0.1) is 32.4 Å². The number of carbonyl (C=O) groups is 1. The van der Waals surface area contributed by atoms with Crippen molar-refractivity contribution in [3.8, 4) is 0 Å². The standard InChI is InChI=1S/C25H29F2N3O2S/c1-16-11-17(2)20(18(3)12-16)15-23(31)30(6-4-5-29-7-9-32-10-8-29)25-28-24-21(27)13-19(26)14-22(24)33-25/h11-14H,4-10,15H2,1-3H3. The third-order valence-corrected chi connectivity index (χ3v) is 7.09. The highest BCUT2D eigenvalue weighted by Crippen LogP contribution is 2.32. The number of carbonyl (C=O) groups excluding carboxylic acids is 1. The molecule has 8 heteroatoms. The van der Waals surface area contributed by atoms with Crippen LogP contribution < -0.4 is 4.90 Å². The summed E-state index contributed by atoms with van der Waals surface area (Å²) < 4.78 is 33.8. The van der Waals surface area contributed by atoms with Gasteiger partial charge in [0, 0.05) is 32.2 Å². The number of anilines is 1. The molecule has 1 aliphatic heterocycles. The Bertz CT molecular complexity index is 1130. The van der Waals surface area contributed by atoms with Crippen molar-refractivity contribution in [2.75, 3.05) is 44.3 Å². The van der Waals surface area contributed by atoms with Gasteiger partial charge in [-0.15, -0.1) is 0 Å². The molecule has 3 aromatic rings. The summed E-state index contributed by atoms with van der Waals surface area (Å²) in [5, 5.41) is 0.406. The van der Waals surface area contributed by atoms with Gasteiger partial charge in [0.25, 0.3) is 0 Å². The molecule has 1 fully saturated rings. The molecule has 0 radical (unpaired) electrons. The van der Waals surface area contributed by atoms with Crippen molar-refractivity contribution in [3.05, 3.63) is 58.2 Å². The van der Waals surface area contributed by atoms with Gasteiger partial charge in [0.2, 0.25) is 5.91 Å². The highest BCUT2D eigenvalue weighted by molar-refractivity contribution is 7.22. The number of nitrogens with zero attached hydrogens (tertiary/aromatic N) is 3. The average molecular weight is 474 g/mol. The molecule has 1 amide bonds. The third kappa shape index (κ3) is 5.57. The largest absolute Gasteiger partial charge is 0.379 e. The lowest BCUT2D eigenvalue weighted by molar-refractivity contribution is -0.118. The van der Waals surface area contributed by atoms with Crippen molar-refractivity contribution in [3.63, 3.8) is 0 Å². The summed E-state index contributed by atoms with van der Waals surface area (Å²) in [7, 11) is 0. The fourth-order valence-corrected chi connectivity index (χ4v) is 5.45. The predicted molar refractivity (Wildman–Crippen MR) is 128 cm³/mol. The number of halogens is 2. The van der Waals surface area contributed by atoms with E-state index in [9.17, 15) is 13.6 Å². The van der Waals surface area contributed by atoms with Crippen molar-refractivity contribution < 1.29 is 18.3 Å².